The van der Waals surface area contributed by atoms with Crippen LogP contribution in [0.1, 0.15) is 6.92 Å². The molecular weight excluding hydrogens is 112 g/mol. The molecule has 0 unspecified atom stereocenters. The first-order valence-corrected chi connectivity index (χ1v) is 3.17. The predicted molar refractivity (Wildman–Crippen MR) is 38.4 cm³/mol. The van der Waals surface area contributed by atoms with Gasteiger partial charge in [0.1, 0.15) is 0 Å². The summed E-state index contributed by atoms with van der Waals surface area (Å²) in [4.78, 5) is 4.26. The third kappa shape index (κ3) is 1.25. The number of nitrogens with zero attached hydrogens (tertiary/aromatic N) is 2. The molecule has 0 spiro atoms. The van der Waals surface area contributed by atoms with Gasteiger partial charge in [0.15, 0.2) is 0 Å². The van der Waals surface area contributed by atoms with Crippen molar-refractivity contribution < 1.29 is 0 Å². The molecule has 50 valence electrons. The maximum absolute atomic E-state index is 3.66. The van der Waals surface area contributed by atoms with E-state index in [0.717, 1.165) is 13.2 Å². The highest BCUT2D eigenvalue weighted by molar-refractivity contribution is 4.94. The van der Waals surface area contributed by atoms with Gasteiger partial charge in [0.2, 0.25) is 0 Å². The Morgan fingerprint density at radius 1 is 1.67 bits per heavy atom. The molecule has 0 aliphatic carbocycles. The number of hydrogen-bond donors (Lipinski definition) is 0. The summed E-state index contributed by atoms with van der Waals surface area (Å²) in [6.07, 6.45) is 5.92. The molecule has 0 saturated heterocycles. The van der Waals surface area contributed by atoms with Crippen molar-refractivity contribution in [2.24, 2.45) is 0 Å². The minimum absolute atomic E-state index is 0.958. The highest BCUT2D eigenvalue weighted by Crippen LogP contribution is 2.04. The third-order valence-corrected chi connectivity index (χ3v) is 1.45. The molecule has 0 radical (unpaired) electrons. The molecule has 0 bridgehead atoms. The molecule has 1 rings (SSSR count). The summed E-state index contributed by atoms with van der Waals surface area (Å²) in [6, 6.07) is 0. The highest BCUT2D eigenvalue weighted by atomic mass is 15.3. The van der Waals surface area contributed by atoms with Crippen LogP contribution in [0.15, 0.2) is 25.2 Å². The molecule has 1 heterocycles. The predicted octanol–water partition coefficient (Wildman–Crippen LogP) is 1.20. The highest BCUT2D eigenvalue weighted by Gasteiger charge is 2.05. The molecule has 0 N–H and O–H groups in total. The first kappa shape index (κ1) is 6.20. The fraction of sp³-hybridized carbons (Fsp3) is 0.429. The lowest BCUT2D eigenvalue weighted by Gasteiger charge is -2.15. The largest absolute Gasteiger partial charge is 0.359 e. The van der Waals surface area contributed by atoms with Crippen molar-refractivity contribution >= 4 is 0 Å². The molecule has 0 atom stereocenters. The van der Waals surface area contributed by atoms with Crippen LogP contribution >= 0.6 is 0 Å². The average molecular weight is 124 g/mol. The Bertz CT molecular complexity index is 129. The van der Waals surface area contributed by atoms with Crippen LogP contribution in [0.2, 0.25) is 0 Å². The molecule has 0 aromatic heterocycles. The van der Waals surface area contributed by atoms with E-state index in [2.05, 4.69) is 24.6 Å². The van der Waals surface area contributed by atoms with Gasteiger partial charge in [-0.1, -0.05) is 6.58 Å². The molecule has 2 nitrogen and oxygen atoms in total. The van der Waals surface area contributed by atoms with Gasteiger partial charge in [0.05, 0.1) is 6.67 Å². The Kier molecular flexibility index (Phi) is 1.78. The van der Waals surface area contributed by atoms with E-state index in [0.29, 0.717) is 0 Å². The van der Waals surface area contributed by atoms with E-state index in [1.165, 1.54) is 0 Å². The molecule has 0 fully saturated rings. The molecule has 0 aromatic carbocycles. The van der Waals surface area contributed by atoms with Crippen LogP contribution < -0.4 is 0 Å². The minimum atomic E-state index is 0.958. The fourth-order valence-electron chi connectivity index (χ4n) is 0.808. The zero-order chi connectivity index (χ0) is 6.69. The van der Waals surface area contributed by atoms with Crippen LogP contribution in [0.3, 0.4) is 0 Å². The minimum Gasteiger partial charge on any atom is -0.359 e. The Morgan fingerprint density at radius 3 is 2.78 bits per heavy atom. The summed E-state index contributed by atoms with van der Waals surface area (Å²) in [5.74, 6) is 0. The monoisotopic (exact) mass is 124 g/mol. The lowest BCUT2D eigenvalue weighted by molar-refractivity contribution is 0.328. The van der Waals surface area contributed by atoms with Gasteiger partial charge in [-0.05, 0) is 13.1 Å². The molecule has 0 saturated carbocycles. The van der Waals surface area contributed by atoms with E-state index in [1.807, 2.05) is 17.3 Å². The van der Waals surface area contributed by atoms with Crippen LogP contribution in [-0.2, 0) is 0 Å². The van der Waals surface area contributed by atoms with Gasteiger partial charge in [0.25, 0.3) is 0 Å². The summed E-state index contributed by atoms with van der Waals surface area (Å²) < 4.78 is 0. The second kappa shape index (κ2) is 2.58. The summed E-state index contributed by atoms with van der Waals surface area (Å²) >= 11 is 0. The van der Waals surface area contributed by atoms with Gasteiger partial charge in [-0.2, -0.15) is 0 Å². The lowest BCUT2D eigenvalue weighted by atomic mass is 10.6. The SMILES string of the molecule is C=CN1C=CN(CC)C1. The molecule has 1 aliphatic rings. The fourth-order valence-corrected chi connectivity index (χ4v) is 0.808. The summed E-state index contributed by atoms with van der Waals surface area (Å²) in [6.45, 7) is 7.82. The maximum atomic E-state index is 3.66. The molecular formula is C7H12N2. The van der Waals surface area contributed by atoms with E-state index in [-0.39, 0.29) is 0 Å². The first-order chi connectivity index (χ1) is 4.36. The van der Waals surface area contributed by atoms with E-state index in [1.54, 1.807) is 0 Å². The first-order valence-electron chi connectivity index (χ1n) is 3.17. The van der Waals surface area contributed by atoms with Crippen molar-refractivity contribution in [1.82, 2.24) is 9.80 Å². The maximum Gasteiger partial charge on any atom is 0.0935 e. The zero-order valence-electron chi connectivity index (χ0n) is 5.75. The second-order valence-corrected chi connectivity index (χ2v) is 2.04. The van der Waals surface area contributed by atoms with Crippen molar-refractivity contribution in [1.29, 1.82) is 0 Å². The van der Waals surface area contributed by atoms with Crippen molar-refractivity contribution in [2.45, 2.75) is 6.92 Å². The van der Waals surface area contributed by atoms with Crippen LogP contribution in [-0.4, -0.2) is 23.0 Å². The van der Waals surface area contributed by atoms with Gasteiger partial charge in [-0.25, -0.2) is 0 Å². The Labute approximate surface area is 56.1 Å². The van der Waals surface area contributed by atoms with Crippen LogP contribution in [0.25, 0.3) is 0 Å². The van der Waals surface area contributed by atoms with Crippen molar-refractivity contribution in [3.8, 4) is 0 Å². The summed E-state index contributed by atoms with van der Waals surface area (Å²) in [5, 5.41) is 0. The van der Waals surface area contributed by atoms with Gasteiger partial charge < -0.3 is 9.80 Å². The number of rotatable bonds is 2. The smallest absolute Gasteiger partial charge is 0.0935 e. The van der Waals surface area contributed by atoms with Crippen molar-refractivity contribution in [3.05, 3.63) is 25.2 Å². The van der Waals surface area contributed by atoms with Crippen molar-refractivity contribution in [2.75, 3.05) is 13.2 Å². The molecule has 0 aromatic rings. The van der Waals surface area contributed by atoms with Crippen molar-refractivity contribution in [3.63, 3.8) is 0 Å². The topological polar surface area (TPSA) is 6.48 Å². The van der Waals surface area contributed by atoms with Crippen LogP contribution in [0, 0.1) is 0 Å². The van der Waals surface area contributed by atoms with Gasteiger partial charge in [-0.15, -0.1) is 0 Å². The number of hydrogen-bond acceptors (Lipinski definition) is 2. The third-order valence-electron chi connectivity index (χ3n) is 1.45. The van der Waals surface area contributed by atoms with Gasteiger partial charge >= 0.3 is 0 Å². The Hall–Kier alpha value is -0.920. The quantitative estimate of drug-likeness (QED) is 0.545. The zero-order valence-corrected chi connectivity index (χ0v) is 5.75. The van der Waals surface area contributed by atoms with E-state index >= 15 is 0 Å². The van der Waals surface area contributed by atoms with E-state index < -0.39 is 0 Å². The lowest BCUT2D eigenvalue weighted by Crippen LogP contribution is -2.20. The van der Waals surface area contributed by atoms with Crippen LogP contribution in [0.5, 0.6) is 0 Å². The second-order valence-electron chi connectivity index (χ2n) is 2.04. The van der Waals surface area contributed by atoms with E-state index in [9.17, 15) is 0 Å². The van der Waals surface area contributed by atoms with E-state index in [4.69, 9.17) is 0 Å². The normalized spacial score (nSPS) is 17.0. The molecule has 9 heavy (non-hydrogen) atoms. The van der Waals surface area contributed by atoms with Gasteiger partial charge in [-0.3, -0.25) is 0 Å². The molecule has 0 amide bonds. The molecule has 1 aliphatic heterocycles. The van der Waals surface area contributed by atoms with Gasteiger partial charge in [0, 0.05) is 18.9 Å². The molecule has 2 heteroatoms. The standard InChI is InChI=1S/C7H12N2/c1-3-8-5-6-9(4-2)7-8/h3,5-6H,1,4,7H2,2H3. The average Bonchev–Trinajstić information content (AvgIpc) is 2.34. The Morgan fingerprint density at radius 2 is 2.44 bits per heavy atom. The van der Waals surface area contributed by atoms with Crippen LogP contribution in [0.4, 0.5) is 0 Å². The Balaban J connectivity index is 2.39. The summed E-state index contributed by atoms with van der Waals surface area (Å²) in [7, 11) is 0. The summed E-state index contributed by atoms with van der Waals surface area (Å²) in [5.41, 5.74) is 0.